The largest absolute Gasteiger partial charge is 0.444 e. The van der Waals surface area contributed by atoms with Crippen molar-refractivity contribution in [2.24, 2.45) is 0 Å². The minimum absolute atomic E-state index is 0.268. The second-order valence-electron chi connectivity index (χ2n) is 3.94. The van der Waals surface area contributed by atoms with Gasteiger partial charge in [0.2, 0.25) is 5.89 Å². The third-order valence-corrected chi connectivity index (χ3v) is 2.75. The molecule has 0 aliphatic rings. The molecule has 2 aromatic rings. The van der Waals surface area contributed by atoms with E-state index in [-0.39, 0.29) is 17.7 Å². The molecule has 1 N–H and O–H groups in total. The molecule has 18 heavy (non-hydrogen) atoms. The van der Waals surface area contributed by atoms with E-state index in [9.17, 15) is 4.79 Å². The Hall–Kier alpha value is -1.63. The smallest absolute Gasteiger partial charge is 0.287 e. The summed E-state index contributed by atoms with van der Waals surface area (Å²) in [4.78, 5) is 16.0. The number of halogens is 1. The third kappa shape index (κ3) is 2.61. The Kier molecular flexibility index (Phi) is 3.51. The van der Waals surface area contributed by atoms with Gasteiger partial charge in [0.15, 0.2) is 16.3 Å². The van der Waals surface area contributed by atoms with Crippen LogP contribution in [0.2, 0.25) is 0 Å². The molecule has 0 saturated carbocycles. The van der Waals surface area contributed by atoms with Gasteiger partial charge in [-0.3, -0.25) is 4.79 Å². The SMILES string of the molecule is Cc1noc(C(C)NC(=O)c2oc(Br)cc2C)n1. The Balaban J connectivity index is 2.10. The molecule has 0 aliphatic carbocycles. The summed E-state index contributed by atoms with van der Waals surface area (Å²) in [5, 5.41) is 6.40. The fraction of sp³-hybridized carbons (Fsp3) is 0.364. The monoisotopic (exact) mass is 313 g/mol. The lowest BCUT2D eigenvalue weighted by Crippen LogP contribution is -2.27. The third-order valence-electron chi connectivity index (χ3n) is 2.36. The maximum atomic E-state index is 12.0. The van der Waals surface area contributed by atoms with Crippen LogP contribution in [-0.4, -0.2) is 16.0 Å². The van der Waals surface area contributed by atoms with Gasteiger partial charge in [-0.05, 0) is 42.8 Å². The Morgan fingerprint density at radius 2 is 2.22 bits per heavy atom. The first kappa shape index (κ1) is 12.8. The minimum Gasteiger partial charge on any atom is -0.444 e. The lowest BCUT2D eigenvalue weighted by Gasteiger charge is -2.08. The molecule has 2 aromatic heterocycles. The highest BCUT2D eigenvalue weighted by Crippen LogP contribution is 2.20. The summed E-state index contributed by atoms with van der Waals surface area (Å²) in [5.74, 6) is 0.846. The molecule has 2 rings (SSSR count). The van der Waals surface area contributed by atoms with Crippen molar-refractivity contribution in [3.63, 3.8) is 0 Å². The van der Waals surface area contributed by atoms with Gasteiger partial charge in [-0.1, -0.05) is 5.16 Å². The van der Waals surface area contributed by atoms with Crippen LogP contribution in [0.4, 0.5) is 0 Å². The molecular weight excluding hydrogens is 302 g/mol. The lowest BCUT2D eigenvalue weighted by molar-refractivity contribution is 0.0902. The van der Waals surface area contributed by atoms with Gasteiger partial charge in [-0.2, -0.15) is 4.98 Å². The highest BCUT2D eigenvalue weighted by molar-refractivity contribution is 9.10. The number of carbonyl (C=O) groups excluding carboxylic acids is 1. The van der Waals surface area contributed by atoms with Crippen molar-refractivity contribution in [3.05, 3.63) is 33.8 Å². The zero-order valence-electron chi connectivity index (χ0n) is 10.2. The van der Waals surface area contributed by atoms with Crippen molar-refractivity contribution in [1.29, 1.82) is 0 Å². The average molecular weight is 314 g/mol. The van der Waals surface area contributed by atoms with Gasteiger partial charge in [0.25, 0.3) is 5.91 Å². The number of rotatable bonds is 3. The molecule has 1 atom stereocenters. The van der Waals surface area contributed by atoms with E-state index in [2.05, 4.69) is 31.4 Å². The van der Waals surface area contributed by atoms with E-state index in [1.54, 1.807) is 26.8 Å². The lowest BCUT2D eigenvalue weighted by atomic mass is 10.2. The van der Waals surface area contributed by atoms with E-state index in [0.29, 0.717) is 16.4 Å². The topological polar surface area (TPSA) is 81.2 Å². The van der Waals surface area contributed by atoms with Crippen molar-refractivity contribution in [1.82, 2.24) is 15.5 Å². The molecule has 0 bridgehead atoms. The summed E-state index contributed by atoms with van der Waals surface area (Å²) in [6, 6.07) is 1.36. The van der Waals surface area contributed by atoms with E-state index < -0.39 is 0 Å². The fourth-order valence-corrected chi connectivity index (χ4v) is 1.99. The zero-order chi connectivity index (χ0) is 13.3. The number of hydrogen-bond donors (Lipinski definition) is 1. The number of nitrogens with one attached hydrogen (secondary N) is 1. The number of aryl methyl sites for hydroxylation is 2. The summed E-state index contributed by atoms with van der Waals surface area (Å²) in [7, 11) is 0. The summed E-state index contributed by atoms with van der Waals surface area (Å²) in [5.41, 5.74) is 0.758. The molecule has 6 nitrogen and oxygen atoms in total. The molecule has 7 heteroatoms. The van der Waals surface area contributed by atoms with Crippen LogP contribution in [0, 0.1) is 13.8 Å². The van der Waals surface area contributed by atoms with Crippen LogP contribution in [0.15, 0.2) is 19.7 Å². The van der Waals surface area contributed by atoms with Gasteiger partial charge in [0, 0.05) is 5.56 Å². The Morgan fingerprint density at radius 1 is 1.50 bits per heavy atom. The molecular formula is C11H12BrN3O3. The predicted octanol–water partition coefficient (Wildman–Crippen LogP) is 2.53. The highest BCUT2D eigenvalue weighted by atomic mass is 79.9. The van der Waals surface area contributed by atoms with Crippen LogP contribution < -0.4 is 5.32 Å². The van der Waals surface area contributed by atoms with Crippen LogP contribution in [-0.2, 0) is 0 Å². The number of nitrogens with zero attached hydrogens (tertiary/aromatic N) is 2. The van der Waals surface area contributed by atoms with E-state index in [1.807, 2.05) is 0 Å². The van der Waals surface area contributed by atoms with E-state index in [4.69, 9.17) is 8.94 Å². The first-order valence-electron chi connectivity index (χ1n) is 5.34. The summed E-state index contributed by atoms with van der Waals surface area (Å²) >= 11 is 3.18. The molecule has 0 aromatic carbocycles. The van der Waals surface area contributed by atoms with Crippen molar-refractivity contribution < 1.29 is 13.7 Å². The number of hydrogen-bond acceptors (Lipinski definition) is 5. The first-order chi connectivity index (χ1) is 8.47. The zero-order valence-corrected chi connectivity index (χ0v) is 11.7. The first-order valence-corrected chi connectivity index (χ1v) is 6.13. The Labute approximate surface area is 112 Å². The minimum atomic E-state index is -0.373. The maximum Gasteiger partial charge on any atom is 0.287 e. The predicted molar refractivity (Wildman–Crippen MR) is 66.1 cm³/mol. The molecule has 0 radical (unpaired) electrons. The summed E-state index contributed by atoms with van der Waals surface area (Å²) < 4.78 is 10.8. The average Bonchev–Trinajstić information content (AvgIpc) is 2.84. The van der Waals surface area contributed by atoms with E-state index in [0.717, 1.165) is 5.56 Å². The molecule has 2 heterocycles. The molecule has 0 saturated heterocycles. The van der Waals surface area contributed by atoms with Gasteiger partial charge in [-0.15, -0.1) is 0 Å². The number of furan rings is 1. The molecule has 96 valence electrons. The highest BCUT2D eigenvalue weighted by Gasteiger charge is 2.20. The van der Waals surface area contributed by atoms with Gasteiger partial charge in [0.05, 0.1) is 0 Å². The maximum absolute atomic E-state index is 12.0. The molecule has 0 spiro atoms. The van der Waals surface area contributed by atoms with Gasteiger partial charge in [-0.25, -0.2) is 0 Å². The van der Waals surface area contributed by atoms with Crippen LogP contribution in [0.5, 0.6) is 0 Å². The second-order valence-corrected chi connectivity index (χ2v) is 4.72. The molecule has 1 unspecified atom stereocenters. The van der Waals surface area contributed by atoms with Crippen molar-refractivity contribution in [2.45, 2.75) is 26.8 Å². The standard InChI is InChI=1S/C11H12BrN3O3/c1-5-4-8(12)17-9(5)10(16)13-6(2)11-14-7(3)15-18-11/h4,6H,1-3H3,(H,13,16). The van der Waals surface area contributed by atoms with Crippen molar-refractivity contribution in [2.75, 3.05) is 0 Å². The Bertz CT molecular complexity index is 576. The van der Waals surface area contributed by atoms with Crippen LogP contribution >= 0.6 is 15.9 Å². The van der Waals surface area contributed by atoms with Gasteiger partial charge < -0.3 is 14.3 Å². The van der Waals surface area contributed by atoms with Gasteiger partial charge >= 0.3 is 0 Å². The molecule has 0 aliphatic heterocycles. The normalized spacial score (nSPS) is 12.4. The molecule has 1 amide bonds. The van der Waals surface area contributed by atoms with Gasteiger partial charge in [0.1, 0.15) is 6.04 Å². The number of carbonyl (C=O) groups is 1. The van der Waals surface area contributed by atoms with Crippen molar-refractivity contribution >= 4 is 21.8 Å². The van der Waals surface area contributed by atoms with Crippen LogP contribution in [0.25, 0.3) is 0 Å². The summed E-state index contributed by atoms with van der Waals surface area (Å²) in [6.45, 7) is 5.28. The van der Waals surface area contributed by atoms with E-state index in [1.165, 1.54) is 0 Å². The second kappa shape index (κ2) is 4.93. The summed E-state index contributed by atoms with van der Waals surface area (Å²) in [6.07, 6.45) is 0. The molecule has 0 fully saturated rings. The van der Waals surface area contributed by atoms with Crippen LogP contribution in [0.3, 0.4) is 0 Å². The van der Waals surface area contributed by atoms with Crippen molar-refractivity contribution in [3.8, 4) is 0 Å². The number of amides is 1. The quantitative estimate of drug-likeness (QED) is 0.941. The fourth-order valence-electron chi connectivity index (χ4n) is 1.48. The van der Waals surface area contributed by atoms with Crippen LogP contribution in [0.1, 0.15) is 40.8 Å². The Morgan fingerprint density at radius 3 is 2.72 bits per heavy atom. The van der Waals surface area contributed by atoms with E-state index >= 15 is 0 Å². The number of aromatic nitrogens is 2.